The monoisotopic (exact) mass is 433 g/mol. The van der Waals surface area contributed by atoms with Gasteiger partial charge in [-0.25, -0.2) is 13.4 Å². The number of sulfone groups is 1. The minimum Gasteiger partial charge on any atom is -0.381 e. The minimum absolute atomic E-state index is 0.0619. The second-order valence-corrected chi connectivity index (χ2v) is 10.5. The van der Waals surface area contributed by atoms with Crippen LogP contribution >= 0.6 is 0 Å². The lowest BCUT2D eigenvalue weighted by Gasteiger charge is -2.44. The van der Waals surface area contributed by atoms with Crippen molar-refractivity contribution in [3.8, 4) is 0 Å². The van der Waals surface area contributed by atoms with Gasteiger partial charge in [-0.3, -0.25) is 4.90 Å². The van der Waals surface area contributed by atoms with Crippen molar-refractivity contribution >= 4 is 9.84 Å². The molecule has 10 heteroatoms. The van der Waals surface area contributed by atoms with Crippen molar-refractivity contribution in [1.82, 2.24) is 9.88 Å². The average Bonchev–Trinajstić information content (AvgIpc) is 2.90. The van der Waals surface area contributed by atoms with Gasteiger partial charge >= 0.3 is 6.18 Å². The van der Waals surface area contributed by atoms with Crippen LogP contribution in [0.1, 0.15) is 43.5 Å². The van der Waals surface area contributed by atoms with Crippen LogP contribution in [-0.4, -0.2) is 60.9 Å². The predicted molar refractivity (Wildman–Crippen MR) is 100 cm³/mol. The van der Waals surface area contributed by atoms with Crippen molar-refractivity contribution in [2.45, 2.75) is 79.5 Å². The van der Waals surface area contributed by atoms with Crippen molar-refractivity contribution in [2.24, 2.45) is 5.73 Å². The Hall–Kier alpha value is -1.23. The highest BCUT2D eigenvalue weighted by atomic mass is 32.2. The summed E-state index contributed by atoms with van der Waals surface area (Å²) in [6, 6.07) is 1.86. The number of pyridine rings is 1. The van der Waals surface area contributed by atoms with Crippen LogP contribution in [0.5, 0.6) is 0 Å². The molecule has 2 bridgehead atoms. The summed E-state index contributed by atoms with van der Waals surface area (Å²) in [5, 5.41) is -0.680. The fraction of sp³-hybridized carbons (Fsp3) is 0.737. The highest BCUT2D eigenvalue weighted by Crippen LogP contribution is 2.43. The largest absolute Gasteiger partial charge is 0.433 e. The summed E-state index contributed by atoms with van der Waals surface area (Å²) >= 11 is 0. The molecule has 2 N–H and O–H groups in total. The van der Waals surface area contributed by atoms with E-state index in [1.165, 1.54) is 6.92 Å². The van der Waals surface area contributed by atoms with Gasteiger partial charge in [-0.1, -0.05) is 0 Å². The number of nitrogens with zero attached hydrogens (tertiary/aromatic N) is 2. The predicted octanol–water partition coefficient (Wildman–Crippen LogP) is 2.29. The van der Waals surface area contributed by atoms with E-state index in [0.717, 1.165) is 31.4 Å². The molecule has 0 aliphatic carbocycles. The summed E-state index contributed by atoms with van der Waals surface area (Å²) in [7, 11) is -3.84. The van der Waals surface area contributed by atoms with Crippen LogP contribution in [0.2, 0.25) is 0 Å². The highest BCUT2D eigenvalue weighted by molar-refractivity contribution is 7.92. The first kappa shape index (κ1) is 21.0. The zero-order chi connectivity index (χ0) is 21.0. The number of hydrogen-bond acceptors (Lipinski definition) is 6. The van der Waals surface area contributed by atoms with Crippen LogP contribution in [0.4, 0.5) is 13.2 Å². The van der Waals surface area contributed by atoms with E-state index in [4.69, 9.17) is 10.5 Å². The normalized spacial score (nSPS) is 31.9. The summed E-state index contributed by atoms with van der Waals surface area (Å²) in [5.41, 5.74) is 5.02. The maximum absolute atomic E-state index is 13.5. The Morgan fingerprint density at radius 1 is 1.14 bits per heavy atom. The third-order valence-electron chi connectivity index (χ3n) is 6.50. The van der Waals surface area contributed by atoms with Crippen LogP contribution < -0.4 is 5.73 Å². The topological polar surface area (TPSA) is 85.5 Å². The second kappa shape index (κ2) is 7.47. The molecule has 3 aliphatic rings. The van der Waals surface area contributed by atoms with Gasteiger partial charge in [0, 0.05) is 37.4 Å². The van der Waals surface area contributed by atoms with Gasteiger partial charge in [0.1, 0.15) is 5.69 Å². The Morgan fingerprint density at radius 3 is 2.45 bits per heavy atom. The molecule has 0 spiro atoms. The Kier molecular flexibility index (Phi) is 5.42. The Labute approximate surface area is 168 Å². The quantitative estimate of drug-likeness (QED) is 0.787. The van der Waals surface area contributed by atoms with E-state index in [1.54, 1.807) is 0 Å². The number of ether oxygens (including phenoxy) is 1. The van der Waals surface area contributed by atoms with E-state index in [2.05, 4.69) is 9.88 Å². The van der Waals surface area contributed by atoms with Gasteiger partial charge in [0.05, 0.1) is 15.8 Å². The molecule has 4 unspecified atom stereocenters. The van der Waals surface area contributed by atoms with Crippen molar-refractivity contribution in [3.05, 3.63) is 23.5 Å². The summed E-state index contributed by atoms with van der Waals surface area (Å²) in [4.78, 5) is 5.74. The number of nitrogens with two attached hydrogens (primary N) is 1. The van der Waals surface area contributed by atoms with E-state index >= 15 is 0 Å². The van der Waals surface area contributed by atoms with Gasteiger partial charge in [-0.2, -0.15) is 13.2 Å². The van der Waals surface area contributed by atoms with Crippen LogP contribution in [-0.2, 0) is 20.8 Å². The third kappa shape index (κ3) is 3.80. The van der Waals surface area contributed by atoms with Crippen LogP contribution in [0, 0.1) is 6.92 Å². The molecule has 0 saturated carbocycles. The molecule has 29 heavy (non-hydrogen) atoms. The Bertz CT molecular complexity index is 871. The number of fused-ring (bicyclic) bond motifs is 2. The van der Waals surface area contributed by atoms with E-state index in [-0.39, 0.29) is 34.8 Å². The van der Waals surface area contributed by atoms with Crippen LogP contribution in [0.25, 0.3) is 0 Å². The van der Waals surface area contributed by atoms with E-state index < -0.39 is 27.0 Å². The van der Waals surface area contributed by atoms with Gasteiger partial charge in [0.2, 0.25) is 0 Å². The summed E-state index contributed by atoms with van der Waals surface area (Å²) in [5.74, 6) is 0. The fourth-order valence-electron chi connectivity index (χ4n) is 5.31. The summed E-state index contributed by atoms with van der Waals surface area (Å²) in [6.45, 7) is 2.64. The molecule has 6 nitrogen and oxygen atoms in total. The molecular formula is C19H26F3N3O3S. The third-order valence-corrected chi connectivity index (χ3v) is 8.85. The number of aromatic nitrogens is 1. The summed E-state index contributed by atoms with van der Waals surface area (Å²) < 4.78 is 71.2. The highest BCUT2D eigenvalue weighted by Gasteiger charge is 2.53. The number of piperidine rings is 1. The Morgan fingerprint density at radius 2 is 1.83 bits per heavy atom. The van der Waals surface area contributed by atoms with Crippen LogP contribution in [0.15, 0.2) is 17.0 Å². The first-order valence-corrected chi connectivity index (χ1v) is 11.5. The minimum atomic E-state index is -4.61. The van der Waals surface area contributed by atoms with Gasteiger partial charge in [-0.15, -0.1) is 0 Å². The van der Waals surface area contributed by atoms with Gasteiger partial charge in [0.25, 0.3) is 0 Å². The lowest BCUT2D eigenvalue weighted by molar-refractivity contribution is -0.141. The van der Waals surface area contributed by atoms with Crippen molar-refractivity contribution in [2.75, 3.05) is 13.2 Å². The first-order valence-electron chi connectivity index (χ1n) is 9.98. The maximum Gasteiger partial charge on any atom is 0.433 e. The van der Waals surface area contributed by atoms with E-state index in [0.29, 0.717) is 26.1 Å². The molecule has 162 valence electrons. The van der Waals surface area contributed by atoms with E-state index in [1.807, 2.05) is 0 Å². The molecule has 0 radical (unpaired) electrons. The molecule has 3 fully saturated rings. The molecule has 0 amide bonds. The zero-order valence-electron chi connectivity index (χ0n) is 16.2. The number of halogens is 3. The van der Waals surface area contributed by atoms with Gasteiger partial charge in [-0.05, 0) is 51.2 Å². The van der Waals surface area contributed by atoms with Gasteiger partial charge < -0.3 is 10.5 Å². The molecule has 3 saturated heterocycles. The first-order chi connectivity index (χ1) is 13.6. The SMILES string of the molecule is Cc1nc(C(F)(F)F)ccc1S(=O)(=O)C1CC2CC(N)CC1N2C1CCOCC1. The number of alkyl halides is 3. The maximum atomic E-state index is 13.5. The molecule has 1 aromatic rings. The molecule has 4 heterocycles. The fourth-order valence-corrected chi connectivity index (χ4v) is 7.49. The molecular weight excluding hydrogens is 407 g/mol. The second-order valence-electron chi connectivity index (χ2n) is 8.34. The van der Waals surface area contributed by atoms with Crippen LogP contribution in [0.3, 0.4) is 0 Å². The summed E-state index contributed by atoms with van der Waals surface area (Å²) in [6.07, 6.45) is -1.12. The van der Waals surface area contributed by atoms with Crippen molar-refractivity contribution in [1.29, 1.82) is 0 Å². The molecule has 3 aliphatic heterocycles. The Balaban J connectivity index is 1.66. The standard InChI is InChI=1S/C19H26F3N3O3S/c1-11-16(2-3-18(24-11)19(20,21)22)29(26,27)17-10-14-8-12(23)9-15(17)25(14)13-4-6-28-7-5-13/h2-3,12-15,17H,4-10,23H2,1H3. The number of aryl methyl sites for hydroxylation is 1. The van der Waals surface area contributed by atoms with Crippen molar-refractivity contribution in [3.63, 3.8) is 0 Å². The molecule has 4 rings (SSSR count). The lowest BCUT2D eigenvalue weighted by Crippen LogP contribution is -2.55. The van der Waals surface area contributed by atoms with E-state index in [9.17, 15) is 21.6 Å². The molecule has 0 aromatic carbocycles. The smallest absolute Gasteiger partial charge is 0.381 e. The lowest BCUT2D eigenvalue weighted by atomic mass is 9.94. The zero-order valence-corrected chi connectivity index (χ0v) is 17.0. The van der Waals surface area contributed by atoms with Gasteiger partial charge in [0.15, 0.2) is 9.84 Å². The number of rotatable bonds is 3. The number of hydrogen-bond donors (Lipinski definition) is 1. The van der Waals surface area contributed by atoms with Crippen molar-refractivity contribution < 1.29 is 26.3 Å². The molecule has 4 atom stereocenters. The molecule has 1 aromatic heterocycles. The average molecular weight is 433 g/mol.